The minimum Gasteiger partial charge on any atom is -0.508 e. The number of carboxylic acid groups (broad SMARTS) is 2. The van der Waals surface area contributed by atoms with Crippen LogP contribution in [0.2, 0.25) is 0 Å². The molecule has 0 heterocycles. The summed E-state index contributed by atoms with van der Waals surface area (Å²) in [5.74, 6) is -6.75. The molecule has 0 saturated heterocycles. The third-order valence-electron chi connectivity index (χ3n) is 5.09. The van der Waals surface area contributed by atoms with Crippen molar-refractivity contribution in [2.75, 3.05) is 0 Å². The van der Waals surface area contributed by atoms with Crippen molar-refractivity contribution in [2.24, 2.45) is 11.5 Å². The zero-order chi connectivity index (χ0) is 28.3. The van der Waals surface area contributed by atoms with Gasteiger partial charge in [0.25, 0.3) is 0 Å². The molecule has 1 aromatic rings. The zero-order valence-corrected chi connectivity index (χ0v) is 19.9. The Bertz CT molecular complexity index is 998. The van der Waals surface area contributed by atoms with Crippen LogP contribution < -0.4 is 27.4 Å². The molecule has 0 aliphatic rings. The van der Waals surface area contributed by atoms with Crippen LogP contribution in [0.5, 0.6) is 5.75 Å². The van der Waals surface area contributed by atoms with Gasteiger partial charge in [-0.3, -0.25) is 24.0 Å². The summed E-state index contributed by atoms with van der Waals surface area (Å²) in [5, 5.41) is 44.4. The Morgan fingerprint density at radius 2 is 1.46 bits per heavy atom. The van der Waals surface area contributed by atoms with E-state index in [0.29, 0.717) is 5.56 Å². The van der Waals surface area contributed by atoms with Gasteiger partial charge in [0.05, 0.1) is 18.6 Å². The van der Waals surface area contributed by atoms with Crippen molar-refractivity contribution in [1.82, 2.24) is 16.0 Å². The lowest BCUT2D eigenvalue weighted by Gasteiger charge is -2.26. The van der Waals surface area contributed by atoms with Gasteiger partial charge in [-0.25, -0.2) is 4.79 Å². The lowest BCUT2D eigenvalue weighted by molar-refractivity contribution is -0.143. The first-order chi connectivity index (χ1) is 17.2. The van der Waals surface area contributed by atoms with Crippen LogP contribution in [0, 0.1) is 0 Å². The monoisotopic (exact) mass is 525 g/mol. The third kappa shape index (κ3) is 10.9. The molecule has 0 spiro atoms. The second-order valence-electron chi connectivity index (χ2n) is 8.27. The Morgan fingerprint density at radius 1 is 0.892 bits per heavy atom. The topological polar surface area (TPSA) is 271 Å². The summed E-state index contributed by atoms with van der Waals surface area (Å²) >= 11 is 0. The summed E-state index contributed by atoms with van der Waals surface area (Å²) in [5.41, 5.74) is 11.0. The largest absolute Gasteiger partial charge is 0.508 e. The highest BCUT2D eigenvalue weighted by Gasteiger charge is 2.33. The molecule has 37 heavy (non-hydrogen) atoms. The highest BCUT2D eigenvalue weighted by molar-refractivity contribution is 5.95. The molecule has 5 unspecified atom stereocenters. The first kappa shape index (κ1) is 30.8. The third-order valence-corrected chi connectivity index (χ3v) is 5.09. The number of phenols is 1. The smallest absolute Gasteiger partial charge is 0.326 e. The number of benzene rings is 1. The van der Waals surface area contributed by atoms with Crippen LogP contribution in [0.25, 0.3) is 0 Å². The predicted molar refractivity (Wildman–Crippen MR) is 126 cm³/mol. The first-order valence-electron chi connectivity index (χ1n) is 11.1. The summed E-state index contributed by atoms with van der Waals surface area (Å²) in [6.07, 6.45) is -3.25. The van der Waals surface area contributed by atoms with Crippen LogP contribution in [0.15, 0.2) is 24.3 Å². The number of aliphatic carboxylic acids is 2. The second kappa shape index (κ2) is 14.4. The number of aliphatic hydroxyl groups is 1. The first-order valence-corrected chi connectivity index (χ1v) is 11.1. The van der Waals surface area contributed by atoms with Gasteiger partial charge in [0, 0.05) is 12.8 Å². The molecular weight excluding hydrogens is 494 g/mol. The Kier molecular flexibility index (Phi) is 11.9. The number of carboxylic acids is 2. The maximum absolute atomic E-state index is 12.8. The number of rotatable bonds is 15. The molecule has 0 aliphatic carbocycles. The van der Waals surface area contributed by atoms with Crippen LogP contribution in [0.1, 0.15) is 31.7 Å². The fourth-order valence-electron chi connectivity index (χ4n) is 3.11. The molecule has 15 nitrogen and oxygen atoms in total. The van der Waals surface area contributed by atoms with Gasteiger partial charge in [-0.2, -0.15) is 0 Å². The van der Waals surface area contributed by atoms with Crippen molar-refractivity contribution in [3.63, 3.8) is 0 Å². The van der Waals surface area contributed by atoms with E-state index in [0.717, 1.165) is 6.92 Å². The quantitative estimate of drug-likeness (QED) is 0.111. The molecule has 0 aromatic heterocycles. The van der Waals surface area contributed by atoms with E-state index < -0.39 is 85.1 Å². The fourth-order valence-corrected chi connectivity index (χ4v) is 3.11. The molecule has 11 N–H and O–H groups in total. The van der Waals surface area contributed by atoms with Crippen molar-refractivity contribution in [2.45, 2.75) is 62.9 Å². The molecule has 4 amide bonds. The lowest BCUT2D eigenvalue weighted by Crippen LogP contribution is -2.60. The summed E-state index contributed by atoms with van der Waals surface area (Å²) in [7, 11) is 0. The average Bonchev–Trinajstić information content (AvgIpc) is 2.79. The Labute approximate surface area is 211 Å². The molecule has 0 bridgehead atoms. The van der Waals surface area contributed by atoms with E-state index in [1.165, 1.54) is 24.3 Å². The molecule has 1 rings (SSSR count). The van der Waals surface area contributed by atoms with Gasteiger partial charge in [-0.1, -0.05) is 12.1 Å². The molecule has 204 valence electrons. The Morgan fingerprint density at radius 3 is 1.95 bits per heavy atom. The number of carbonyl (C=O) groups is 6. The van der Waals surface area contributed by atoms with Gasteiger partial charge >= 0.3 is 11.9 Å². The lowest BCUT2D eigenvalue weighted by atomic mass is 10.0. The van der Waals surface area contributed by atoms with E-state index in [4.69, 9.17) is 16.6 Å². The number of nitrogens with two attached hydrogens (primary N) is 2. The van der Waals surface area contributed by atoms with Crippen molar-refractivity contribution < 1.29 is 49.2 Å². The number of hydrogen-bond donors (Lipinski definition) is 9. The SMILES string of the molecule is CC(O)C(NC(=O)C(CCC(=O)O)NC(=O)C(N)CC(N)=O)C(=O)NC(Cc1ccc(O)cc1)C(=O)O. The van der Waals surface area contributed by atoms with E-state index in [1.807, 2.05) is 0 Å². The second-order valence-corrected chi connectivity index (χ2v) is 8.27. The van der Waals surface area contributed by atoms with Crippen LogP contribution >= 0.6 is 0 Å². The standard InChI is InChI=1S/C22H31N5O10/c1-10(28)18(21(35)26-15(22(36)37)8-11-2-4-12(29)5-3-11)27-20(34)14(6-7-17(31)32)25-19(33)13(23)9-16(24)30/h2-5,10,13-15,18,28-29H,6-9,23H2,1H3,(H2,24,30)(H,25,33)(H,26,35)(H,27,34)(H,31,32)(H,36,37). The number of carbonyl (C=O) groups excluding carboxylic acids is 4. The summed E-state index contributed by atoms with van der Waals surface area (Å²) in [6.45, 7) is 1.15. The van der Waals surface area contributed by atoms with Gasteiger partial charge < -0.3 is 47.8 Å². The van der Waals surface area contributed by atoms with Crippen LogP contribution in [0.3, 0.4) is 0 Å². The summed E-state index contributed by atoms with van der Waals surface area (Å²) in [4.78, 5) is 71.5. The minimum absolute atomic E-state index is 0.0448. The fraction of sp³-hybridized carbons (Fsp3) is 0.455. The average molecular weight is 526 g/mol. The van der Waals surface area contributed by atoms with E-state index in [-0.39, 0.29) is 12.2 Å². The molecule has 0 radical (unpaired) electrons. The highest BCUT2D eigenvalue weighted by atomic mass is 16.4. The summed E-state index contributed by atoms with van der Waals surface area (Å²) < 4.78 is 0. The van der Waals surface area contributed by atoms with E-state index >= 15 is 0 Å². The molecule has 0 aliphatic heterocycles. The van der Waals surface area contributed by atoms with E-state index in [1.54, 1.807) is 0 Å². The van der Waals surface area contributed by atoms with Gasteiger partial charge in [0.15, 0.2) is 0 Å². The van der Waals surface area contributed by atoms with Crippen molar-refractivity contribution in [1.29, 1.82) is 0 Å². The molecule has 15 heteroatoms. The van der Waals surface area contributed by atoms with Gasteiger partial charge in [0.1, 0.15) is 23.9 Å². The normalized spacial score (nSPS) is 14.8. The molecule has 0 fully saturated rings. The van der Waals surface area contributed by atoms with Gasteiger partial charge in [-0.15, -0.1) is 0 Å². The van der Waals surface area contributed by atoms with E-state index in [9.17, 15) is 44.1 Å². The Balaban J connectivity index is 3.00. The number of nitrogens with one attached hydrogen (secondary N) is 3. The van der Waals surface area contributed by atoms with Crippen molar-refractivity contribution in [3.8, 4) is 5.75 Å². The maximum atomic E-state index is 12.8. The molecule has 1 aromatic carbocycles. The zero-order valence-electron chi connectivity index (χ0n) is 19.9. The maximum Gasteiger partial charge on any atom is 0.326 e. The van der Waals surface area contributed by atoms with Crippen molar-refractivity contribution in [3.05, 3.63) is 29.8 Å². The molecular formula is C22H31N5O10. The Hall–Kier alpha value is -4.24. The predicted octanol–water partition coefficient (Wildman–Crippen LogP) is -3.08. The minimum atomic E-state index is -1.68. The van der Waals surface area contributed by atoms with Crippen LogP contribution in [-0.4, -0.2) is 86.3 Å². The molecule has 5 atom stereocenters. The number of aliphatic hydroxyl groups excluding tert-OH is 1. The van der Waals surface area contributed by atoms with Crippen LogP contribution in [0.4, 0.5) is 0 Å². The highest BCUT2D eigenvalue weighted by Crippen LogP contribution is 2.12. The van der Waals surface area contributed by atoms with Gasteiger partial charge in [0.2, 0.25) is 23.6 Å². The molecule has 0 saturated carbocycles. The van der Waals surface area contributed by atoms with Gasteiger partial charge in [-0.05, 0) is 31.0 Å². The number of amides is 4. The summed E-state index contributed by atoms with van der Waals surface area (Å²) in [6, 6.07) is -0.546. The number of phenolic OH excluding ortho intramolecular Hbond substituents is 1. The number of primary amides is 1. The number of hydrogen-bond acceptors (Lipinski definition) is 9. The number of aromatic hydroxyl groups is 1. The van der Waals surface area contributed by atoms with Crippen LogP contribution in [-0.2, 0) is 35.2 Å². The van der Waals surface area contributed by atoms with E-state index in [2.05, 4.69) is 16.0 Å². The van der Waals surface area contributed by atoms with Crippen molar-refractivity contribution >= 4 is 35.6 Å².